The SMILES string of the molecule is CC(C)OCCCCNCC(C)(O)C(C)C. The van der Waals surface area contributed by atoms with Crippen molar-refractivity contribution in [1.82, 2.24) is 5.32 Å². The van der Waals surface area contributed by atoms with E-state index in [1.54, 1.807) is 0 Å². The van der Waals surface area contributed by atoms with E-state index in [0.717, 1.165) is 26.0 Å². The van der Waals surface area contributed by atoms with Gasteiger partial charge in [-0.05, 0) is 46.1 Å². The first kappa shape index (κ1) is 15.9. The van der Waals surface area contributed by atoms with Crippen molar-refractivity contribution in [2.45, 2.75) is 59.2 Å². The van der Waals surface area contributed by atoms with Gasteiger partial charge < -0.3 is 15.2 Å². The second kappa shape index (κ2) is 8.04. The molecule has 1 atom stereocenters. The van der Waals surface area contributed by atoms with E-state index >= 15 is 0 Å². The molecule has 0 aliphatic heterocycles. The van der Waals surface area contributed by atoms with E-state index < -0.39 is 5.60 Å². The molecular weight excluding hydrogens is 202 g/mol. The van der Waals surface area contributed by atoms with Crippen molar-refractivity contribution in [2.75, 3.05) is 19.7 Å². The average Bonchev–Trinajstić information content (AvgIpc) is 2.15. The molecule has 0 amide bonds. The first-order valence-electron chi connectivity index (χ1n) is 6.41. The Morgan fingerprint density at radius 1 is 1.19 bits per heavy atom. The van der Waals surface area contributed by atoms with Crippen molar-refractivity contribution in [3.8, 4) is 0 Å². The van der Waals surface area contributed by atoms with E-state index in [0.29, 0.717) is 12.6 Å². The number of hydrogen-bond donors (Lipinski definition) is 2. The van der Waals surface area contributed by atoms with Gasteiger partial charge in [0, 0.05) is 13.2 Å². The average molecular weight is 231 g/mol. The lowest BCUT2D eigenvalue weighted by molar-refractivity contribution is 0.0141. The highest BCUT2D eigenvalue weighted by Crippen LogP contribution is 2.14. The molecule has 0 saturated carbocycles. The number of nitrogens with one attached hydrogen (secondary N) is 1. The largest absolute Gasteiger partial charge is 0.389 e. The van der Waals surface area contributed by atoms with Crippen molar-refractivity contribution in [1.29, 1.82) is 0 Å². The van der Waals surface area contributed by atoms with Gasteiger partial charge in [0.25, 0.3) is 0 Å². The van der Waals surface area contributed by atoms with Crippen LogP contribution in [0.2, 0.25) is 0 Å². The van der Waals surface area contributed by atoms with Crippen LogP contribution in [0, 0.1) is 5.92 Å². The molecule has 0 aromatic heterocycles. The van der Waals surface area contributed by atoms with Gasteiger partial charge in [0.05, 0.1) is 11.7 Å². The lowest BCUT2D eigenvalue weighted by atomic mass is 9.92. The number of ether oxygens (including phenoxy) is 1. The van der Waals surface area contributed by atoms with Crippen molar-refractivity contribution >= 4 is 0 Å². The predicted molar refractivity (Wildman–Crippen MR) is 68.7 cm³/mol. The van der Waals surface area contributed by atoms with Crippen molar-refractivity contribution < 1.29 is 9.84 Å². The summed E-state index contributed by atoms with van der Waals surface area (Å²) in [4.78, 5) is 0. The third kappa shape index (κ3) is 8.08. The van der Waals surface area contributed by atoms with E-state index in [4.69, 9.17) is 4.74 Å². The summed E-state index contributed by atoms with van der Waals surface area (Å²) >= 11 is 0. The molecule has 0 aliphatic carbocycles. The molecule has 1 unspecified atom stereocenters. The number of unbranched alkanes of at least 4 members (excludes halogenated alkanes) is 1. The first-order valence-corrected chi connectivity index (χ1v) is 6.41. The van der Waals surface area contributed by atoms with Crippen molar-refractivity contribution in [3.05, 3.63) is 0 Å². The summed E-state index contributed by atoms with van der Waals surface area (Å²) in [6.45, 7) is 12.5. The highest BCUT2D eigenvalue weighted by atomic mass is 16.5. The standard InChI is InChI=1S/C13H29NO2/c1-11(2)13(5,15)10-14-8-6-7-9-16-12(3)4/h11-12,14-15H,6-10H2,1-5H3. The number of rotatable bonds is 9. The van der Waals surface area contributed by atoms with Gasteiger partial charge in [-0.3, -0.25) is 0 Å². The fourth-order valence-electron chi connectivity index (χ4n) is 1.22. The fourth-order valence-corrected chi connectivity index (χ4v) is 1.22. The van der Waals surface area contributed by atoms with Crippen LogP contribution in [0.3, 0.4) is 0 Å². The van der Waals surface area contributed by atoms with Gasteiger partial charge in [-0.2, -0.15) is 0 Å². The Morgan fingerprint density at radius 2 is 1.81 bits per heavy atom. The zero-order valence-corrected chi connectivity index (χ0v) is 11.5. The third-order valence-corrected chi connectivity index (χ3v) is 2.93. The topological polar surface area (TPSA) is 41.5 Å². The van der Waals surface area contributed by atoms with Gasteiger partial charge in [0.15, 0.2) is 0 Å². The Hall–Kier alpha value is -0.120. The molecule has 0 spiro atoms. The Labute approximate surface area is 101 Å². The molecular formula is C13H29NO2. The summed E-state index contributed by atoms with van der Waals surface area (Å²) in [6, 6.07) is 0. The van der Waals surface area contributed by atoms with Crippen LogP contribution >= 0.6 is 0 Å². The van der Waals surface area contributed by atoms with E-state index in [1.165, 1.54) is 0 Å². The molecule has 16 heavy (non-hydrogen) atoms. The number of aliphatic hydroxyl groups is 1. The summed E-state index contributed by atoms with van der Waals surface area (Å²) in [5, 5.41) is 13.3. The number of hydrogen-bond acceptors (Lipinski definition) is 3. The first-order chi connectivity index (χ1) is 7.36. The monoisotopic (exact) mass is 231 g/mol. The zero-order chi connectivity index (χ0) is 12.6. The normalized spacial score (nSPS) is 15.8. The van der Waals surface area contributed by atoms with Crippen LogP contribution in [0.5, 0.6) is 0 Å². The van der Waals surface area contributed by atoms with Crippen molar-refractivity contribution in [3.63, 3.8) is 0 Å². The molecule has 0 fully saturated rings. The molecule has 0 saturated heterocycles. The van der Waals surface area contributed by atoms with Gasteiger partial charge >= 0.3 is 0 Å². The third-order valence-electron chi connectivity index (χ3n) is 2.93. The van der Waals surface area contributed by atoms with Gasteiger partial charge in [-0.15, -0.1) is 0 Å². The second-order valence-electron chi connectivity index (χ2n) is 5.32. The van der Waals surface area contributed by atoms with Gasteiger partial charge in [-0.1, -0.05) is 13.8 Å². The summed E-state index contributed by atoms with van der Waals surface area (Å²) < 4.78 is 5.45. The zero-order valence-electron chi connectivity index (χ0n) is 11.5. The maximum absolute atomic E-state index is 9.98. The molecule has 0 radical (unpaired) electrons. The molecule has 0 rings (SSSR count). The maximum atomic E-state index is 9.98. The fraction of sp³-hybridized carbons (Fsp3) is 1.00. The van der Waals surface area contributed by atoms with E-state index in [-0.39, 0.29) is 5.92 Å². The van der Waals surface area contributed by atoms with E-state index in [2.05, 4.69) is 19.2 Å². The summed E-state index contributed by atoms with van der Waals surface area (Å²) in [7, 11) is 0. The molecule has 0 bridgehead atoms. The molecule has 0 aromatic carbocycles. The minimum atomic E-state index is -0.603. The smallest absolute Gasteiger partial charge is 0.0766 e. The Bertz CT molecular complexity index is 167. The summed E-state index contributed by atoms with van der Waals surface area (Å²) in [5.41, 5.74) is -0.603. The van der Waals surface area contributed by atoms with E-state index in [1.807, 2.05) is 20.8 Å². The van der Waals surface area contributed by atoms with Crippen LogP contribution < -0.4 is 5.32 Å². The minimum absolute atomic E-state index is 0.282. The highest BCUT2D eigenvalue weighted by molar-refractivity contribution is 4.78. The summed E-state index contributed by atoms with van der Waals surface area (Å²) in [6.07, 6.45) is 2.50. The molecule has 2 N–H and O–H groups in total. The van der Waals surface area contributed by atoms with Crippen LogP contribution in [0.1, 0.15) is 47.5 Å². The molecule has 3 heteroatoms. The van der Waals surface area contributed by atoms with Crippen LogP contribution in [0.4, 0.5) is 0 Å². The molecule has 0 aromatic rings. The second-order valence-corrected chi connectivity index (χ2v) is 5.32. The predicted octanol–water partition coefficient (Wildman–Crippen LogP) is 2.19. The van der Waals surface area contributed by atoms with E-state index in [9.17, 15) is 5.11 Å². The van der Waals surface area contributed by atoms with Gasteiger partial charge in [-0.25, -0.2) is 0 Å². The van der Waals surface area contributed by atoms with Crippen LogP contribution in [-0.2, 0) is 4.74 Å². The maximum Gasteiger partial charge on any atom is 0.0766 e. The van der Waals surface area contributed by atoms with Gasteiger partial charge in [0.1, 0.15) is 0 Å². The highest BCUT2D eigenvalue weighted by Gasteiger charge is 2.23. The quantitative estimate of drug-likeness (QED) is 0.598. The lowest BCUT2D eigenvalue weighted by Gasteiger charge is -2.27. The van der Waals surface area contributed by atoms with Gasteiger partial charge in [0.2, 0.25) is 0 Å². The Morgan fingerprint density at radius 3 is 2.31 bits per heavy atom. The molecule has 0 heterocycles. The van der Waals surface area contributed by atoms with Crippen LogP contribution in [-0.4, -0.2) is 36.5 Å². The summed E-state index contributed by atoms with van der Waals surface area (Å²) in [5.74, 6) is 0.282. The van der Waals surface area contributed by atoms with Crippen LogP contribution in [0.15, 0.2) is 0 Å². The molecule has 3 nitrogen and oxygen atoms in total. The lowest BCUT2D eigenvalue weighted by Crippen LogP contribution is -2.42. The molecule has 0 aliphatic rings. The molecule has 98 valence electrons. The van der Waals surface area contributed by atoms with Crippen molar-refractivity contribution in [2.24, 2.45) is 5.92 Å². The Balaban J connectivity index is 3.34. The Kier molecular flexibility index (Phi) is 7.98. The van der Waals surface area contributed by atoms with Crippen LogP contribution in [0.25, 0.3) is 0 Å². The minimum Gasteiger partial charge on any atom is -0.389 e.